The lowest BCUT2D eigenvalue weighted by Gasteiger charge is -2.20. The van der Waals surface area contributed by atoms with Crippen molar-refractivity contribution in [3.8, 4) is 0 Å². The number of anilines is 1. The zero-order valence-corrected chi connectivity index (χ0v) is 12.5. The first kappa shape index (κ1) is 15.4. The van der Waals surface area contributed by atoms with E-state index in [-0.39, 0.29) is 5.82 Å². The summed E-state index contributed by atoms with van der Waals surface area (Å²) in [6.45, 7) is 4.09. The Bertz CT molecular complexity index is 559. The number of hydrogen-bond donors (Lipinski definition) is 1. The second-order valence-electron chi connectivity index (χ2n) is 5.00. The first-order valence-electron chi connectivity index (χ1n) is 7.16. The Morgan fingerprint density at radius 3 is 2.67 bits per heavy atom. The number of nitrogens with zero attached hydrogens (tertiary/aromatic N) is 3. The van der Waals surface area contributed by atoms with E-state index < -0.39 is 0 Å². The molecular weight excluding hydrogens is 267 g/mol. The van der Waals surface area contributed by atoms with Crippen LogP contribution in [-0.4, -0.2) is 23.6 Å². The van der Waals surface area contributed by atoms with Gasteiger partial charge in [-0.25, -0.2) is 9.37 Å². The zero-order valence-electron chi connectivity index (χ0n) is 12.5. The van der Waals surface area contributed by atoms with E-state index in [1.54, 1.807) is 24.7 Å². The molecule has 21 heavy (non-hydrogen) atoms. The van der Waals surface area contributed by atoms with Crippen molar-refractivity contribution in [3.05, 3.63) is 53.7 Å². The van der Waals surface area contributed by atoms with Crippen molar-refractivity contribution in [1.29, 1.82) is 0 Å². The molecule has 2 rings (SSSR count). The molecule has 0 aliphatic carbocycles. The highest BCUT2D eigenvalue weighted by Crippen LogP contribution is 2.20. The van der Waals surface area contributed by atoms with E-state index in [0.29, 0.717) is 24.5 Å². The van der Waals surface area contributed by atoms with Crippen molar-refractivity contribution in [2.45, 2.75) is 26.4 Å². The van der Waals surface area contributed by atoms with Crippen molar-refractivity contribution >= 4 is 5.82 Å². The molecule has 0 saturated heterocycles. The van der Waals surface area contributed by atoms with Gasteiger partial charge in [-0.05, 0) is 36.7 Å². The minimum atomic E-state index is -0.252. The van der Waals surface area contributed by atoms with Gasteiger partial charge >= 0.3 is 0 Å². The van der Waals surface area contributed by atoms with Gasteiger partial charge in [-0.2, -0.15) is 0 Å². The molecule has 0 aliphatic rings. The Balaban J connectivity index is 2.10. The quantitative estimate of drug-likeness (QED) is 0.795. The van der Waals surface area contributed by atoms with Crippen LogP contribution >= 0.6 is 0 Å². The Kier molecular flexibility index (Phi) is 5.63. The van der Waals surface area contributed by atoms with Gasteiger partial charge in [0.1, 0.15) is 0 Å². The van der Waals surface area contributed by atoms with Crippen LogP contribution in [0.15, 0.2) is 36.8 Å². The minimum absolute atomic E-state index is 0.252. The summed E-state index contributed by atoms with van der Waals surface area (Å²) < 4.78 is 14.5. The third-order valence-electron chi connectivity index (χ3n) is 3.22. The number of aromatic nitrogens is 2. The lowest BCUT2D eigenvalue weighted by atomic mass is 10.2. The summed E-state index contributed by atoms with van der Waals surface area (Å²) >= 11 is 0. The smallest absolute Gasteiger partial charge is 0.170 e. The van der Waals surface area contributed by atoms with Crippen LogP contribution in [0.5, 0.6) is 0 Å². The summed E-state index contributed by atoms with van der Waals surface area (Å²) in [7, 11) is 1.84. The van der Waals surface area contributed by atoms with Crippen LogP contribution in [0.4, 0.5) is 10.2 Å². The monoisotopic (exact) mass is 288 g/mol. The number of hydrogen-bond acceptors (Lipinski definition) is 4. The van der Waals surface area contributed by atoms with E-state index in [0.717, 1.165) is 18.5 Å². The van der Waals surface area contributed by atoms with Gasteiger partial charge in [0.25, 0.3) is 0 Å². The van der Waals surface area contributed by atoms with Crippen molar-refractivity contribution in [3.63, 3.8) is 0 Å². The zero-order chi connectivity index (χ0) is 15.1. The van der Waals surface area contributed by atoms with Crippen molar-refractivity contribution < 1.29 is 4.39 Å². The van der Waals surface area contributed by atoms with Gasteiger partial charge in [-0.1, -0.05) is 6.92 Å². The second kappa shape index (κ2) is 7.69. The molecular formula is C16H21FN4. The van der Waals surface area contributed by atoms with Crippen LogP contribution in [0, 0.1) is 5.82 Å². The maximum atomic E-state index is 14.5. The summed E-state index contributed by atoms with van der Waals surface area (Å²) in [6.07, 6.45) is 6.15. The topological polar surface area (TPSA) is 41.1 Å². The predicted molar refractivity (Wildman–Crippen MR) is 82.5 cm³/mol. The van der Waals surface area contributed by atoms with Crippen molar-refractivity contribution in [1.82, 2.24) is 15.3 Å². The molecule has 112 valence electrons. The third-order valence-corrected chi connectivity index (χ3v) is 3.22. The summed E-state index contributed by atoms with van der Waals surface area (Å²) in [5, 5.41) is 3.21. The van der Waals surface area contributed by atoms with Gasteiger partial charge in [0.15, 0.2) is 11.6 Å². The molecule has 0 saturated carbocycles. The molecule has 2 heterocycles. The predicted octanol–water partition coefficient (Wildman–Crippen LogP) is 2.75. The molecule has 2 aromatic heterocycles. The average molecular weight is 288 g/mol. The third kappa shape index (κ3) is 4.23. The Hall–Kier alpha value is -2.01. The van der Waals surface area contributed by atoms with Gasteiger partial charge in [0.05, 0.1) is 0 Å². The molecule has 0 aromatic carbocycles. The van der Waals surface area contributed by atoms with E-state index in [4.69, 9.17) is 0 Å². The molecule has 0 radical (unpaired) electrons. The maximum Gasteiger partial charge on any atom is 0.170 e. The van der Waals surface area contributed by atoms with Crippen LogP contribution in [0.2, 0.25) is 0 Å². The largest absolute Gasteiger partial charge is 0.353 e. The molecule has 2 aromatic rings. The van der Waals surface area contributed by atoms with Gasteiger partial charge in [0.2, 0.25) is 0 Å². The fourth-order valence-corrected chi connectivity index (χ4v) is 2.11. The van der Waals surface area contributed by atoms with Crippen LogP contribution in [-0.2, 0) is 13.1 Å². The number of rotatable bonds is 7. The highest BCUT2D eigenvalue weighted by atomic mass is 19.1. The van der Waals surface area contributed by atoms with Crippen LogP contribution in [0.25, 0.3) is 0 Å². The number of nitrogens with one attached hydrogen (secondary N) is 1. The molecule has 0 atom stereocenters. The lowest BCUT2D eigenvalue weighted by Crippen LogP contribution is -2.21. The fourth-order valence-electron chi connectivity index (χ4n) is 2.11. The summed E-state index contributed by atoms with van der Waals surface area (Å²) in [6, 6.07) is 5.56. The van der Waals surface area contributed by atoms with Gasteiger partial charge < -0.3 is 10.2 Å². The van der Waals surface area contributed by atoms with E-state index >= 15 is 0 Å². The second-order valence-corrected chi connectivity index (χ2v) is 5.00. The Labute approximate surface area is 125 Å². The number of halogens is 1. The first-order valence-corrected chi connectivity index (χ1v) is 7.16. The molecule has 0 unspecified atom stereocenters. The van der Waals surface area contributed by atoms with E-state index in [9.17, 15) is 4.39 Å². The normalized spacial score (nSPS) is 10.6. The molecule has 0 aliphatic heterocycles. The molecule has 4 nitrogen and oxygen atoms in total. The minimum Gasteiger partial charge on any atom is -0.353 e. The summed E-state index contributed by atoms with van der Waals surface area (Å²) in [4.78, 5) is 9.97. The lowest BCUT2D eigenvalue weighted by molar-refractivity contribution is 0.577. The molecule has 1 N–H and O–H groups in total. The van der Waals surface area contributed by atoms with Crippen molar-refractivity contribution in [2.75, 3.05) is 18.5 Å². The van der Waals surface area contributed by atoms with Crippen LogP contribution in [0.3, 0.4) is 0 Å². The maximum absolute atomic E-state index is 14.5. The molecule has 0 fully saturated rings. The molecule has 0 bridgehead atoms. The fraction of sp³-hybridized carbons (Fsp3) is 0.375. The Morgan fingerprint density at radius 1 is 1.19 bits per heavy atom. The molecule has 0 spiro atoms. The van der Waals surface area contributed by atoms with E-state index in [1.807, 2.05) is 24.1 Å². The Morgan fingerprint density at radius 2 is 1.95 bits per heavy atom. The number of pyridine rings is 2. The highest BCUT2D eigenvalue weighted by molar-refractivity contribution is 5.43. The van der Waals surface area contributed by atoms with Gasteiger partial charge in [-0.15, -0.1) is 0 Å². The van der Waals surface area contributed by atoms with Gasteiger partial charge in [-0.3, -0.25) is 4.98 Å². The van der Waals surface area contributed by atoms with Crippen molar-refractivity contribution in [2.24, 2.45) is 0 Å². The first-order chi connectivity index (χ1) is 10.2. The van der Waals surface area contributed by atoms with Crippen LogP contribution < -0.4 is 10.2 Å². The standard InChI is InChI=1S/C16H21FN4/c1-3-7-19-11-14-6-10-20-16(15(14)17)21(2)12-13-4-8-18-9-5-13/h4-6,8-10,19H,3,7,11-12H2,1-2H3. The molecule has 0 amide bonds. The summed E-state index contributed by atoms with van der Waals surface area (Å²) in [5.74, 6) is 0.125. The van der Waals surface area contributed by atoms with Crippen LogP contribution in [0.1, 0.15) is 24.5 Å². The SMILES string of the molecule is CCCNCc1ccnc(N(C)Cc2ccncc2)c1F. The van der Waals surface area contributed by atoms with E-state index in [2.05, 4.69) is 22.2 Å². The highest BCUT2D eigenvalue weighted by Gasteiger charge is 2.13. The van der Waals surface area contributed by atoms with E-state index in [1.165, 1.54) is 0 Å². The average Bonchev–Trinajstić information content (AvgIpc) is 2.50. The molecule has 5 heteroatoms. The summed E-state index contributed by atoms with van der Waals surface area (Å²) in [5.41, 5.74) is 1.72. The van der Waals surface area contributed by atoms with Gasteiger partial charge in [0, 0.05) is 44.3 Å².